The van der Waals surface area contributed by atoms with Gasteiger partial charge >= 0.3 is 0 Å². The first kappa shape index (κ1) is 18.7. The smallest absolute Gasteiger partial charge is 0.272 e. The summed E-state index contributed by atoms with van der Waals surface area (Å²) in [7, 11) is 0. The Morgan fingerprint density at radius 1 is 1.03 bits per heavy atom. The summed E-state index contributed by atoms with van der Waals surface area (Å²) in [6.45, 7) is 1.47. The van der Waals surface area contributed by atoms with E-state index in [0.29, 0.717) is 32.2 Å². The zero-order chi connectivity index (χ0) is 20.4. The van der Waals surface area contributed by atoms with Gasteiger partial charge in [-0.25, -0.2) is 10.1 Å². The van der Waals surface area contributed by atoms with Gasteiger partial charge in [-0.05, 0) is 6.07 Å². The third-order valence-corrected chi connectivity index (χ3v) is 5.42. The third kappa shape index (κ3) is 3.83. The van der Waals surface area contributed by atoms with Crippen LogP contribution in [0.25, 0.3) is 22.0 Å². The lowest BCUT2D eigenvalue weighted by Crippen LogP contribution is -2.18. The maximum atomic E-state index is 12.6. The van der Waals surface area contributed by atoms with Gasteiger partial charge in [0.1, 0.15) is 0 Å². The summed E-state index contributed by atoms with van der Waals surface area (Å²) < 4.78 is 0. The molecule has 29 heavy (non-hydrogen) atoms. The molecular formula is C21H16N4O3S. The van der Waals surface area contributed by atoms with Gasteiger partial charge in [-0.2, -0.15) is 5.10 Å². The van der Waals surface area contributed by atoms with Crippen LogP contribution in [0.2, 0.25) is 0 Å². The van der Waals surface area contributed by atoms with Crippen molar-refractivity contribution in [2.45, 2.75) is 13.3 Å². The Bertz CT molecular complexity index is 1280. The van der Waals surface area contributed by atoms with E-state index in [1.165, 1.54) is 6.92 Å². The fourth-order valence-electron chi connectivity index (χ4n) is 3.03. The number of ketones is 1. The molecule has 0 aliphatic carbocycles. The maximum Gasteiger partial charge on any atom is 0.272 e. The number of nitrogens with zero attached hydrogens (tertiary/aromatic N) is 2. The highest BCUT2D eigenvalue weighted by Crippen LogP contribution is 2.31. The van der Waals surface area contributed by atoms with E-state index in [1.54, 1.807) is 24.3 Å². The molecule has 2 aromatic carbocycles. The average molecular weight is 404 g/mol. The van der Waals surface area contributed by atoms with E-state index in [4.69, 9.17) is 0 Å². The van der Waals surface area contributed by atoms with Gasteiger partial charge in [0.2, 0.25) is 5.91 Å². The number of carbonyl (C=O) groups excluding carboxylic acids is 2. The first-order valence-electron chi connectivity index (χ1n) is 8.86. The summed E-state index contributed by atoms with van der Waals surface area (Å²) in [6.07, 6.45) is -0.0348. The van der Waals surface area contributed by atoms with Gasteiger partial charge in [-0.15, -0.1) is 0 Å². The molecule has 2 heterocycles. The number of rotatable bonds is 5. The number of aromatic amines is 1. The van der Waals surface area contributed by atoms with Crippen molar-refractivity contribution in [1.82, 2.24) is 15.2 Å². The predicted molar refractivity (Wildman–Crippen MR) is 112 cm³/mol. The second-order valence-corrected chi connectivity index (χ2v) is 7.39. The zero-order valence-corrected chi connectivity index (χ0v) is 16.2. The minimum absolute atomic E-state index is 0.0348. The van der Waals surface area contributed by atoms with Crippen LogP contribution in [-0.4, -0.2) is 26.9 Å². The summed E-state index contributed by atoms with van der Waals surface area (Å²) in [4.78, 5) is 41.4. The molecule has 8 heteroatoms. The zero-order valence-electron chi connectivity index (χ0n) is 15.4. The van der Waals surface area contributed by atoms with E-state index in [-0.39, 0.29) is 23.7 Å². The first-order valence-corrected chi connectivity index (χ1v) is 9.68. The van der Waals surface area contributed by atoms with Gasteiger partial charge in [0.15, 0.2) is 10.9 Å². The molecule has 0 saturated carbocycles. The van der Waals surface area contributed by atoms with Gasteiger partial charge in [-0.1, -0.05) is 59.9 Å². The number of fused-ring (bicyclic) bond motifs is 1. The van der Waals surface area contributed by atoms with Crippen LogP contribution in [0.3, 0.4) is 0 Å². The monoisotopic (exact) mass is 404 g/mol. The molecular weight excluding hydrogens is 388 g/mol. The van der Waals surface area contributed by atoms with Crippen LogP contribution < -0.4 is 10.9 Å². The van der Waals surface area contributed by atoms with E-state index >= 15 is 0 Å². The van der Waals surface area contributed by atoms with E-state index < -0.39 is 0 Å². The highest BCUT2D eigenvalue weighted by molar-refractivity contribution is 7.18. The van der Waals surface area contributed by atoms with Crippen molar-refractivity contribution in [3.63, 3.8) is 0 Å². The Labute approximate surface area is 169 Å². The number of nitrogens with one attached hydrogen (secondary N) is 2. The molecule has 2 N–H and O–H groups in total. The number of H-pyrrole nitrogens is 1. The lowest BCUT2D eigenvalue weighted by molar-refractivity contribution is -0.115. The van der Waals surface area contributed by atoms with E-state index in [1.807, 2.05) is 30.3 Å². The van der Waals surface area contributed by atoms with Crippen LogP contribution in [0.1, 0.15) is 22.3 Å². The largest absolute Gasteiger partial charge is 0.302 e. The fraction of sp³-hybridized carbons (Fsp3) is 0.0952. The molecule has 0 unspecified atom stereocenters. The SMILES string of the molecule is CC(=O)c1sc(NC(=O)Cc2n[nH]c(=O)c3ccccc23)nc1-c1ccccc1. The Kier molecular flexibility index (Phi) is 5.01. The van der Waals surface area contributed by atoms with Gasteiger partial charge in [-0.3, -0.25) is 14.4 Å². The Morgan fingerprint density at radius 2 is 1.72 bits per heavy atom. The second kappa shape index (κ2) is 7.76. The van der Waals surface area contributed by atoms with Crippen molar-refractivity contribution < 1.29 is 9.59 Å². The number of aromatic nitrogens is 3. The van der Waals surface area contributed by atoms with Gasteiger partial charge in [0, 0.05) is 17.9 Å². The molecule has 4 rings (SSSR count). The third-order valence-electron chi connectivity index (χ3n) is 4.34. The topological polar surface area (TPSA) is 105 Å². The Balaban J connectivity index is 1.61. The minimum atomic E-state index is -0.335. The molecule has 4 aromatic rings. The van der Waals surface area contributed by atoms with E-state index in [9.17, 15) is 14.4 Å². The fourth-order valence-corrected chi connectivity index (χ4v) is 3.92. The van der Waals surface area contributed by atoms with Crippen molar-refractivity contribution in [2.24, 2.45) is 0 Å². The van der Waals surface area contributed by atoms with E-state index in [2.05, 4.69) is 20.5 Å². The maximum absolute atomic E-state index is 12.6. The summed E-state index contributed by atoms with van der Waals surface area (Å²) in [5, 5.41) is 10.6. The standard InChI is InChI=1S/C21H16N4O3S/c1-12(26)19-18(13-7-3-2-4-8-13)23-21(29-19)22-17(27)11-16-14-9-5-6-10-15(14)20(28)25-24-16/h2-10H,11H2,1H3,(H,25,28)(H,22,23,27). The van der Waals surface area contributed by atoms with Crippen molar-refractivity contribution in [2.75, 3.05) is 5.32 Å². The average Bonchev–Trinajstić information content (AvgIpc) is 3.15. The number of carbonyl (C=O) groups is 2. The van der Waals surface area contributed by atoms with Gasteiger partial charge < -0.3 is 5.32 Å². The molecule has 7 nitrogen and oxygen atoms in total. The molecule has 0 radical (unpaired) electrons. The number of hydrogen-bond donors (Lipinski definition) is 2. The van der Waals surface area contributed by atoms with Crippen LogP contribution in [-0.2, 0) is 11.2 Å². The van der Waals surface area contributed by atoms with E-state index in [0.717, 1.165) is 16.9 Å². The van der Waals surface area contributed by atoms with Crippen LogP contribution in [0.5, 0.6) is 0 Å². The number of thiazole rings is 1. The van der Waals surface area contributed by atoms with Crippen LogP contribution >= 0.6 is 11.3 Å². The quantitative estimate of drug-likeness (QED) is 0.496. The van der Waals surface area contributed by atoms with Crippen molar-refractivity contribution >= 4 is 38.9 Å². The van der Waals surface area contributed by atoms with Crippen LogP contribution in [0, 0.1) is 0 Å². The molecule has 0 atom stereocenters. The van der Waals surface area contributed by atoms with Crippen LogP contribution in [0.4, 0.5) is 5.13 Å². The molecule has 2 aromatic heterocycles. The summed E-state index contributed by atoms with van der Waals surface area (Å²) in [6, 6.07) is 16.3. The summed E-state index contributed by atoms with van der Waals surface area (Å²) in [5.74, 6) is -0.451. The van der Waals surface area contributed by atoms with Gasteiger partial charge in [0.25, 0.3) is 5.56 Å². The number of Topliss-reactive ketones (excluding diaryl/α,β-unsaturated/α-hetero) is 1. The molecule has 0 spiro atoms. The highest BCUT2D eigenvalue weighted by Gasteiger charge is 2.18. The molecule has 0 saturated heterocycles. The number of benzene rings is 2. The summed E-state index contributed by atoms with van der Waals surface area (Å²) in [5.41, 5.74) is 1.52. The van der Waals surface area contributed by atoms with Crippen molar-refractivity contribution in [3.05, 3.63) is 75.5 Å². The summed E-state index contributed by atoms with van der Waals surface area (Å²) >= 11 is 1.14. The predicted octanol–water partition coefficient (Wildman–Crippen LogP) is 3.43. The molecule has 0 aliphatic rings. The lowest BCUT2D eigenvalue weighted by Gasteiger charge is -2.04. The lowest BCUT2D eigenvalue weighted by atomic mass is 10.1. The normalized spacial score (nSPS) is 10.8. The molecule has 1 amide bonds. The van der Waals surface area contributed by atoms with Gasteiger partial charge in [0.05, 0.1) is 28.1 Å². The molecule has 0 bridgehead atoms. The Morgan fingerprint density at radius 3 is 2.45 bits per heavy atom. The molecule has 0 fully saturated rings. The second-order valence-electron chi connectivity index (χ2n) is 6.39. The molecule has 144 valence electrons. The number of amides is 1. The van der Waals surface area contributed by atoms with Crippen molar-refractivity contribution in [1.29, 1.82) is 0 Å². The minimum Gasteiger partial charge on any atom is -0.302 e. The Hall–Kier alpha value is -3.65. The van der Waals surface area contributed by atoms with Crippen LogP contribution in [0.15, 0.2) is 59.4 Å². The molecule has 0 aliphatic heterocycles. The number of hydrogen-bond acceptors (Lipinski definition) is 6. The van der Waals surface area contributed by atoms with Crippen molar-refractivity contribution in [3.8, 4) is 11.3 Å². The highest BCUT2D eigenvalue weighted by atomic mass is 32.1. The first-order chi connectivity index (χ1) is 14.0. The number of anilines is 1.